The molecule has 16 heavy (non-hydrogen) atoms. The third-order valence-corrected chi connectivity index (χ3v) is 3.13. The van der Waals surface area contributed by atoms with Gasteiger partial charge in [-0.3, -0.25) is 4.90 Å². The van der Waals surface area contributed by atoms with Gasteiger partial charge in [0.25, 0.3) is 0 Å². The Hall–Kier alpha value is -0.590. The fraction of sp³-hybridized carbons (Fsp3) is 0.923. The molecule has 92 valence electrons. The van der Waals surface area contributed by atoms with Gasteiger partial charge in [0.2, 0.25) is 0 Å². The van der Waals surface area contributed by atoms with Gasteiger partial charge in [-0.1, -0.05) is 6.92 Å². The summed E-state index contributed by atoms with van der Waals surface area (Å²) >= 11 is 0. The highest BCUT2D eigenvalue weighted by molar-refractivity contribution is 4.93. The first kappa shape index (κ1) is 13.5. The van der Waals surface area contributed by atoms with E-state index < -0.39 is 0 Å². The van der Waals surface area contributed by atoms with Crippen molar-refractivity contribution >= 4 is 0 Å². The first-order valence-electron chi connectivity index (χ1n) is 6.54. The monoisotopic (exact) mass is 223 g/mol. The van der Waals surface area contributed by atoms with E-state index in [1.807, 2.05) is 0 Å². The summed E-state index contributed by atoms with van der Waals surface area (Å²) in [5, 5.41) is 12.4. The number of nitriles is 1. The molecule has 1 fully saturated rings. The summed E-state index contributed by atoms with van der Waals surface area (Å²) in [7, 11) is 0. The summed E-state index contributed by atoms with van der Waals surface area (Å²) in [5.74, 6) is 0.896. The molecule has 0 aliphatic heterocycles. The first-order valence-corrected chi connectivity index (χ1v) is 6.54. The van der Waals surface area contributed by atoms with Crippen molar-refractivity contribution in [3.05, 3.63) is 0 Å². The van der Waals surface area contributed by atoms with E-state index >= 15 is 0 Å². The molecule has 1 rings (SSSR count). The number of hydrogen-bond donors (Lipinski definition) is 1. The quantitative estimate of drug-likeness (QED) is 0.684. The number of nitrogens with zero attached hydrogens (tertiary/aromatic N) is 2. The van der Waals surface area contributed by atoms with Gasteiger partial charge in [0.05, 0.1) is 6.07 Å². The third-order valence-electron chi connectivity index (χ3n) is 3.13. The van der Waals surface area contributed by atoms with Gasteiger partial charge < -0.3 is 5.32 Å². The van der Waals surface area contributed by atoms with E-state index in [-0.39, 0.29) is 6.04 Å². The Morgan fingerprint density at radius 3 is 2.56 bits per heavy atom. The molecule has 0 saturated heterocycles. The average molecular weight is 223 g/mol. The molecule has 0 spiro atoms. The van der Waals surface area contributed by atoms with Crippen molar-refractivity contribution < 1.29 is 0 Å². The smallest absolute Gasteiger partial charge is 0.108 e. The fourth-order valence-electron chi connectivity index (χ4n) is 1.83. The van der Waals surface area contributed by atoms with Crippen LogP contribution >= 0.6 is 0 Å². The van der Waals surface area contributed by atoms with Crippen LogP contribution in [0.2, 0.25) is 0 Å². The molecule has 1 unspecified atom stereocenters. The fourth-order valence-corrected chi connectivity index (χ4v) is 1.83. The van der Waals surface area contributed by atoms with Gasteiger partial charge in [0, 0.05) is 19.1 Å². The van der Waals surface area contributed by atoms with Crippen LogP contribution < -0.4 is 5.32 Å². The summed E-state index contributed by atoms with van der Waals surface area (Å²) < 4.78 is 0. The maximum absolute atomic E-state index is 9.09. The van der Waals surface area contributed by atoms with Crippen LogP contribution in [0.25, 0.3) is 0 Å². The predicted molar refractivity (Wildman–Crippen MR) is 67.1 cm³/mol. The lowest BCUT2D eigenvalue weighted by atomic mass is 10.2. The van der Waals surface area contributed by atoms with Gasteiger partial charge in [0.15, 0.2) is 0 Å². The Balaban J connectivity index is 2.35. The van der Waals surface area contributed by atoms with Crippen molar-refractivity contribution in [2.75, 3.05) is 19.6 Å². The molecule has 0 radical (unpaired) electrons. The van der Waals surface area contributed by atoms with Crippen LogP contribution in [0, 0.1) is 17.2 Å². The molecule has 0 bridgehead atoms. The van der Waals surface area contributed by atoms with Crippen molar-refractivity contribution in [2.45, 2.75) is 52.1 Å². The molecule has 1 atom stereocenters. The summed E-state index contributed by atoms with van der Waals surface area (Å²) in [6.45, 7) is 9.54. The SMILES string of the molecule is CCCNC(C#N)CN(CC1CC1)C(C)C. The van der Waals surface area contributed by atoms with Crippen LogP contribution in [-0.2, 0) is 0 Å². The topological polar surface area (TPSA) is 39.1 Å². The lowest BCUT2D eigenvalue weighted by molar-refractivity contribution is 0.201. The van der Waals surface area contributed by atoms with Gasteiger partial charge in [-0.05, 0) is 45.6 Å². The minimum absolute atomic E-state index is 0.0129. The second kappa shape index (κ2) is 6.88. The molecule has 3 nitrogen and oxygen atoms in total. The summed E-state index contributed by atoms with van der Waals surface area (Å²) in [4.78, 5) is 2.44. The molecular formula is C13H25N3. The molecular weight excluding hydrogens is 198 g/mol. The van der Waals surface area contributed by atoms with E-state index in [2.05, 4.69) is 37.1 Å². The number of rotatable bonds is 8. The summed E-state index contributed by atoms with van der Waals surface area (Å²) in [6.07, 6.45) is 3.84. The highest BCUT2D eigenvalue weighted by Gasteiger charge is 2.26. The maximum Gasteiger partial charge on any atom is 0.108 e. The molecule has 0 amide bonds. The highest BCUT2D eigenvalue weighted by Crippen LogP contribution is 2.30. The Kier molecular flexibility index (Phi) is 5.79. The molecule has 0 aromatic rings. The third kappa shape index (κ3) is 4.96. The van der Waals surface area contributed by atoms with E-state index in [9.17, 15) is 0 Å². The maximum atomic E-state index is 9.09. The van der Waals surface area contributed by atoms with Gasteiger partial charge in [-0.2, -0.15) is 5.26 Å². The summed E-state index contributed by atoms with van der Waals surface area (Å²) in [5.41, 5.74) is 0. The second-order valence-electron chi connectivity index (χ2n) is 5.13. The molecule has 1 aliphatic carbocycles. The molecule has 0 aromatic heterocycles. The van der Waals surface area contributed by atoms with Crippen LogP contribution in [-0.4, -0.2) is 36.6 Å². The molecule has 3 heteroatoms. The van der Waals surface area contributed by atoms with Crippen molar-refractivity contribution in [1.82, 2.24) is 10.2 Å². The Morgan fingerprint density at radius 2 is 2.12 bits per heavy atom. The van der Waals surface area contributed by atoms with Crippen LogP contribution in [0.15, 0.2) is 0 Å². The molecule has 1 saturated carbocycles. The lowest BCUT2D eigenvalue weighted by Gasteiger charge is -2.28. The zero-order valence-electron chi connectivity index (χ0n) is 10.9. The summed E-state index contributed by atoms with van der Waals surface area (Å²) in [6, 6.07) is 2.89. The largest absolute Gasteiger partial charge is 0.301 e. The van der Waals surface area contributed by atoms with Crippen molar-refractivity contribution in [3.8, 4) is 6.07 Å². The van der Waals surface area contributed by atoms with E-state index in [1.54, 1.807) is 0 Å². The molecule has 1 aliphatic rings. The van der Waals surface area contributed by atoms with Crippen molar-refractivity contribution in [2.24, 2.45) is 5.92 Å². The minimum Gasteiger partial charge on any atom is -0.301 e. The van der Waals surface area contributed by atoms with Crippen LogP contribution in [0.4, 0.5) is 0 Å². The molecule has 0 aromatic carbocycles. The van der Waals surface area contributed by atoms with Gasteiger partial charge >= 0.3 is 0 Å². The highest BCUT2D eigenvalue weighted by atomic mass is 15.2. The zero-order valence-corrected chi connectivity index (χ0v) is 10.9. The van der Waals surface area contributed by atoms with Crippen LogP contribution in [0.5, 0.6) is 0 Å². The molecule has 1 N–H and O–H groups in total. The minimum atomic E-state index is -0.0129. The zero-order chi connectivity index (χ0) is 12.0. The van der Waals surface area contributed by atoms with E-state index in [0.717, 1.165) is 25.4 Å². The Morgan fingerprint density at radius 1 is 1.44 bits per heavy atom. The van der Waals surface area contributed by atoms with E-state index in [4.69, 9.17) is 5.26 Å². The lowest BCUT2D eigenvalue weighted by Crippen LogP contribution is -2.44. The average Bonchev–Trinajstić information content (AvgIpc) is 3.06. The van der Waals surface area contributed by atoms with Gasteiger partial charge in [0.1, 0.15) is 6.04 Å². The Bertz CT molecular complexity index is 228. The number of nitrogens with one attached hydrogen (secondary N) is 1. The van der Waals surface area contributed by atoms with Crippen molar-refractivity contribution in [1.29, 1.82) is 5.26 Å². The molecule has 0 heterocycles. The van der Waals surface area contributed by atoms with Gasteiger partial charge in [-0.25, -0.2) is 0 Å². The van der Waals surface area contributed by atoms with E-state index in [1.165, 1.54) is 19.4 Å². The van der Waals surface area contributed by atoms with E-state index in [0.29, 0.717) is 6.04 Å². The standard InChI is InChI=1S/C13H25N3/c1-4-7-15-13(8-14)10-16(11(2)3)9-12-5-6-12/h11-13,15H,4-7,9-10H2,1-3H3. The Labute approximate surface area is 99.8 Å². The predicted octanol–water partition coefficient (Wildman–Crippen LogP) is 2.00. The van der Waals surface area contributed by atoms with Crippen LogP contribution in [0.1, 0.15) is 40.0 Å². The van der Waals surface area contributed by atoms with Gasteiger partial charge in [-0.15, -0.1) is 0 Å². The van der Waals surface area contributed by atoms with Crippen LogP contribution in [0.3, 0.4) is 0 Å². The normalized spacial score (nSPS) is 17.8. The second-order valence-corrected chi connectivity index (χ2v) is 5.13. The van der Waals surface area contributed by atoms with Crippen molar-refractivity contribution in [3.63, 3.8) is 0 Å². The first-order chi connectivity index (χ1) is 7.67. The number of hydrogen-bond acceptors (Lipinski definition) is 3.